The van der Waals surface area contributed by atoms with Gasteiger partial charge in [0, 0.05) is 6.07 Å². The number of ether oxygens (including phenoxy) is 1. The second kappa shape index (κ2) is 3.43. The molecule has 0 aliphatic heterocycles. The maximum absolute atomic E-state index is 11.5. The van der Waals surface area contributed by atoms with Crippen molar-refractivity contribution in [2.24, 2.45) is 5.73 Å². The van der Waals surface area contributed by atoms with Crippen molar-refractivity contribution in [3.8, 4) is 5.75 Å². The summed E-state index contributed by atoms with van der Waals surface area (Å²) in [6.45, 7) is 1.72. The molecule has 15 heavy (non-hydrogen) atoms. The lowest BCUT2D eigenvalue weighted by Crippen LogP contribution is -2.24. The van der Waals surface area contributed by atoms with Crippen LogP contribution in [-0.2, 0) is 0 Å². The molecule has 0 bridgehead atoms. The first kappa shape index (κ1) is 9.79. The molecule has 2 rings (SSSR count). The van der Waals surface area contributed by atoms with Gasteiger partial charge in [0.1, 0.15) is 5.75 Å². The molecular formula is C10H12N2O3. The summed E-state index contributed by atoms with van der Waals surface area (Å²) in [7, 11) is 1.56. The molecular weight excluding hydrogens is 196 g/mol. The first-order valence-corrected chi connectivity index (χ1v) is 4.58. The van der Waals surface area contributed by atoms with Crippen molar-refractivity contribution < 1.29 is 9.15 Å². The van der Waals surface area contributed by atoms with Crippen LogP contribution in [0.4, 0.5) is 0 Å². The van der Waals surface area contributed by atoms with Crippen LogP contribution in [0.1, 0.15) is 13.1 Å². The minimum Gasteiger partial charge on any atom is -0.497 e. The zero-order valence-electron chi connectivity index (χ0n) is 8.56. The predicted octanol–water partition coefficient (Wildman–Crippen LogP) is 1.08. The van der Waals surface area contributed by atoms with Gasteiger partial charge in [-0.25, -0.2) is 4.79 Å². The predicted molar refractivity (Wildman–Crippen MR) is 55.9 cm³/mol. The Morgan fingerprint density at radius 1 is 1.53 bits per heavy atom. The zero-order chi connectivity index (χ0) is 11.0. The highest BCUT2D eigenvalue weighted by Crippen LogP contribution is 2.20. The zero-order valence-corrected chi connectivity index (χ0v) is 8.56. The van der Waals surface area contributed by atoms with E-state index in [2.05, 4.69) is 0 Å². The number of nitrogens with zero attached hydrogens (tertiary/aromatic N) is 1. The average molecular weight is 208 g/mol. The quantitative estimate of drug-likeness (QED) is 0.801. The highest BCUT2D eigenvalue weighted by Gasteiger charge is 2.12. The SMILES string of the molecule is COc1ccc2c(c1)oc(=O)n2C(C)N. The number of methoxy groups -OCH3 is 1. The third kappa shape index (κ3) is 1.50. The molecule has 5 heteroatoms. The molecule has 0 saturated carbocycles. The van der Waals surface area contributed by atoms with E-state index in [4.69, 9.17) is 14.9 Å². The summed E-state index contributed by atoms with van der Waals surface area (Å²) >= 11 is 0. The number of nitrogens with two attached hydrogens (primary N) is 1. The first-order chi connectivity index (χ1) is 7.13. The molecule has 0 spiro atoms. The molecule has 1 heterocycles. The lowest BCUT2D eigenvalue weighted by atomic mass is 10.3. The second-order valence-corrected chi connectivity index (χ2v) is 3.31. The Hall–Kier alpha value is -1.75. The molecule has 1 unspecified atom stereocenters. The highest BCUT2D eigenvalue weighted by molar-refractivity contribution is 5.74. The van der Waals surface area contributed by atoms with Gasteiger partial charge in [-0.1, -0.05) is 0 Å². The minimum atomic E-state index is -0.451. The monoisotopic (exact) mass is 208 g/mol. The van der Waals surface area contributed by atoms with Crippen LogP contribution in [0.25, 0.3) is 11.1 Å². The Kier molecular flexibility index (Phi) is 2.24. The topological polar surface area (TPSA) is 70.4 Å². The number of hydrogen-bond acceptors (Lipinski definition) is 4. The van der Waals surface area contributed by atoms with Crippen molar-refractivity contribution in [2.75, 3.05) is 7.11 Å². The molecule has 0 radical (unpaired) electrons. The minimum absolute atomic E-state index is 0.410. The molecule has 0 amide bonds. The van der Waals surface area contributed by atoms with E-state index in [9.17, 15) is 4.79 Å². The second-order valence-electron chi connectivity index (χ2n) is 3.31. The molecule has 1 aromatic carbocycles. The van der Waals surface area contributed by atoms with Crippen LogP contribution in [0, 0.1) is 0 Å². The first-order valence-electron chi connectivity index (χ1n) is 4.58. The Labute approximate surface area is 86.0 Å². The van der Waals surface area contributed by atoms with Crippen LogP contribution in [0.2, 0.25) is 0 Å². The maximum atomic E-state index is 11.5. The van der Waals surface area contributed by atoms with Crippen molar-refractivity contribution in [2.45, 2.75) is 13.1 Å². The van der Waals surface area contributed by atoms with Gasteiger partial charge in [0.2, 0.25) is 0 Å². The van der Waals surface area contributed by atoms with Crippen molar-refractivity contribution in [3.05, 3.63) is 28.7 Å². The van der Waals surface area contributed by atoms with Gasteiger partial charge >= 0.3 is 5.76 Å². The lowest BCUT2D eigenvalue weighted by Gasteiger charge is -2.05. The summed E-state index contributed by atoms with van der Waals surface area (Å²) in [6.07, 6.45) is -0.410. The molecule has 5 nitrogen and oxygen atoms in total. The molecule has 0 aliphatic carbocycles. The summed E-state index contributed by atoms with van der Waals surface area (Å²) in [5.74, 6) is 0.196. The largest absolute Gasteiger partial charge is 0.497 e. The summed E-state index contributed by atoms with van der Waals surface area (Å²) in [5, 5.41) is 0. The van der Waals surface area contributed by atoms with Gasteiger partial charge in [0.15, 0.2) is 5.58 Å². The van der Waals surface area contributed by atoms with Gasteiger partial charge in [-0.3, -0.25) is 4.57 Å². The number of fused-ring (bicyclic) bond motifs is 1. The molecule has 80 valence electrons. The summed E-state index contributed by atoms with van der Waals surface area (Å²) in [6, 6.07) is 5.17. The number of benzene rings is 1. The van der Waals surface area contributed by atoms with Crippen LogP contribution in [0.5, 0.6) is 5.75 Å². The normalized spacial score (nSPS) is 13.0. The van der Waals surface area contributed by atoms with Gasteiger partial charge < -0.3 is 14.9 Å². The standard InChI is InChI=1S/C10H12N2O3/c1-6(11)12-8-4-3-7(14-2)5-9(8)15-10(12)13/h3-6H,11H2,1-2H3. The Balaban J connectivity index is 2.74. The van der Waals surface area contributed by atoms with Crippen molar-refractivity contribution >= 4 is 11.1 Å². The maximum Gasteiger partial charge on any atom is 0.421 e. The van der Waals surface area contributed by atoms with Crippen LogP contribution in [0.3, 0.4) is 0 Å². The van der Waals surface area contributed by atoms with E-state index in [1.54, 1.807) is 32.2 Å². The van der Waals surface area contributed by atoms with Crippen LogP contribution in [0.15, 0.2) is 27.4 Å². The van der Waals surface area contributed by atoms with Crippen molar-refractivity contribution in [1.82, 2.24) is 4.57 Å². The van der Waals surface area contributed by atoms with Crippen molar-refractivity contribution in [3.63, 3.8) is 0 Å². The molecule has 2 N–H and O–H groups in total. The number of oxazole rings is 1. The van der Waals surface area contributed by atoms with Gasteiger partial charge in [0.25, 0.3) is 0 Å². The van der Waals surface area contributed by atoms with Crippen molar-refractivity contribution in [1.29, 1.82) is 0 Å². The van der Waals surface area contributed by atoms with Crippen LogP contribution >= 0.6 is 0 Å². The van der Waals surface area contributed by atoms with E-state index in [-0.39, 0.29) is 0 Å². The third-order valence-corrected chi connectivity index (χ3v) is 2.23. The lowest BCUT2D eigenvalue weighted by molar-refractivity contribution is 0.414. The van der Waals surface area contributed by atoms with E-state index in [0.717, 1.165) is 0 Å². The fourth-order valence-electron chi connectivity index (χ4n) is 1.53. The molecule has 0 fully saturated rings. The summed E-state index contributed by atoms with van der Waals surface area (Å²) in [4.78, 5) is 11.5. The summed E-state index contributed by atoms with van der Waals surface area (Å²) in [5.41, 5.74) is 6.83. The molecule has 1 atom stereocenters. The smallest absolute Gasteiger partial charge is 0.421 e. The molecule has 2 aromatic rings. The van der Waals surface area contributed by atoms with E-state index in [1.165, 1.54) is 4.57 Å². The van der Waals surface area contributed by atoms with Gasteiger partial charge in [-0.15, -0.1) is 0 Å². The highest BCUT2D eigenvalue weighted by atomic mass is 16.5. The fraction of sp³-hybridized carbons (Fsp3) is 0.300. The summed E-state index contributed by atoms with van der Waals surface area (Å²) < 4.78 is 11.5. The fourth-order valence-corrected chi connectivity index (χ4v) is 1.53. The Bertz CT molecular complexity index is 539. The number of rotatable bonds is 2. The third-order valence-electron chi connectivity index (χ3n) is 2.23. The Morgan fingerprint density at radius 3 is 2.87 bits per heavy atom. The van der Waals surface area contributed by atoms with E-state index in [1.807, 2.05) is 0 Å². The number of hydrogen-bond donors (Lipinski definition) is 1. The van der Waals surface area contributed by atoms with E-state index < -0.39 is 11.9 Å². The van der Waals surface area contributed by atoms with Gasteiger partial charge in [-0.2, -0.15) is 0 Å². The van der Waals surface area contributed by atoms with E-state index >= 15 is 0 Å². The molecule has 0 aliphatic rings. The van der Waals surface area contributed by atoms with E-state index in [0.29, 0.717) is 16.8 Å². The van der Waals surface area contributed by atoms with Gasteiger partial charge in [0.05, 0.1) is 18.8 Å². The van der Waals surface area contributed by atoms with Crippen LogP contribution < -0.4 is 16.2 Å². The number of aromatic nitrogens is 1. The average Bonchev–Trinajstić information content (AvgIpc) is 2.52. The molecule has 0 saturated heterocycles. The molecule has 1 aromatic heterocycles. The van der Waals surface area contributed by atoms with Gasteiger partial charge in [-0.05, 0) is 19.1 Å². The Morgan fingerprint density at radius 2 is 2.27 bits per heavy atom. The van der Waals surface area contributed by atoms with Crippen LogP contribution in [-0.4, -0.2) is 11.7 Å².